The Morgan fingerprint density at radius 1 is 1.56 bits per heavy atom. The van der Waals surface area contributed by atoms with Gasteiger partial charge in [-0.2, -0.15) is 0 Å². The second kappa shape index (κ2) is 5.93. The highest BCUT2D eigenvalue weighted by atomic mass is 16.2. The molecule has 0 aromatic carbocycles. The Morgan fingerprint density at radius 2 is 2.39 bits per heavy atom. The summed E-state index contributed by atoms with van der Waals surface area (Å²) in [6.07, 6.45) is 1.79. The van der Waals surface area contributed by atoms with Crippen molar-refractivity contribution in [2.45, 2.75) is 25.6 Å². The summed E-state index contributed by atoms with van der Waals surface area (Å²) in [4.78, 5) is 18.5. The number of hydrogen-bond acceptors (Lipinski definition) is 4. The van der Waals surface area contributed by atoms with Crippen LogP contribution in [0.5, 0.6) is 0 Å². The van der Waals surface area contributed by atoms with Crippen molar-refractivity contribution in [2.24, 2.45) is 0 Å². The number of piperazine rings is 1. The normalized spacial score (nSPS) is 24.9. The molecule has 0 bridgehead atoms. The van der Waals surface area contributed by atoms with E-state index in [0.29, 0.717) is 25.7 Å². The average molecular weight is 248 g/mol. The largest absolute Gasteiger partial charge is 0.353 e. The standard InChI is InChI=1S/C13H20N4O/c1-10-7-16-13(18)12(8-14-2)17(10)9-11-5-3-4-6-15-11/h3-6,10,12,14H,7-9H2,1-2H3,(H,16,18). The lowest BCUT2D eigenvalue weighted by Gasteiger charge is -2.39. The van der Waals surface area contributed by atoms with Gasteiger partial charge >= 0.3 is 0 Å². The number of pyridine rings is 1. The summed E-state index contributed by atoms with van der Waals surface area (Å²) in [6.45, 7) is 4.20. The number of aromatic nitrogens is 1. The maximum atomic E-state index is 11.9. The van der Waals surface area contributed by atoms with Crippen LogP contribution in [-0.2, 0) is 11.3 Å². The number of rotatable bonds is 4. The van der Waals surface area contributed by atoms with Gasteiger partial charge in [0.25, 0.3) is 0 Å². The van der Waals surface area contributed by atoms with E-state index < -0.39 is 0 Å². The topological polar surface area (TPSA) is 57.3 Å². The molecule has 2 rings (SSSR count). The third-order valence-electron chi connectivity index (χ3n) is 3.31. The minimum Gasteiger partial charge on any atom is -0.353 e. The van der Waals surface area contributed by atoms with E-state index in [9.17, 15) is 4.79 Å². The summed E-state index contributed by atoms with van der Waals surface area (Å²) >= 11 is 0. The maximum absolute atomic E-state index is 11.9. The molecule has 18 heavy (non-hydrogen) atoms. The van der Waals surface area contributed by atoms with Gasteiger partial charge in [-0.05, 0) is 26.1 Å². The molecular formula is C13H20N4O. The number of nitrogens with zero attached hydrogens (tertiary/aromatic N) is 2. The summed E-state index contributed by atoms with van der Waals surface area (Å²) in [6, 6.07) is 6.07. The van der Waals surface area contributed by atoms with Gasteiger partial charge in [0.05, 0.1) is 5.69 Å². The molecule has 1 aliphatic heterocycles. The van der Waals surface area contributed by atoms with Crippen LogP contribution in [0.1, 0.15) is 12.6 Å². The SMILES string of the molecule is CNCC1C(=O)NCC(C)N1Cc1ccccn1. The minimum absolute atomic E-state index is 0.0957. The molecule has 1 fully saturated rings. The summed E-state index contributed by atoms with van der Waals surface area (Å²) in [7, 11) is 1.87. The van der Waals surface area contributed by atoms with Crippen LogP contribution in [0.4, 0.5) is 0 Å². The quantitative estimate of drug-likeness (QED) is 0.787. The number of nitrogens with one attached hydrogen (secondary N) is 2. The molecule has 0 spiro atoms. The van der Waals surface area contributed by atoms with Gasteiger partial charge in [-0.25, -0.2) is 0 Å². The highest BCUT2D eigenvalue weighted by molar-refractivity contribution is 5.82. The van der Waals surface area contributed by atoms with Gasteiger partial charge in [-0.1, -0.05) is 6.07 Å². The van der Waals surface area contributed by atoms with Gasteiger partial charge in [0, 0.05) is 31.9 Å². The molecule has 0 aliphatic carbocycles. The second-order valence-corrected chi connectivity index (χ2v) is 4.66. The Kier molecular flexibility index (Phi) is 4.28. The zero-order chi connectivity index (χ0) is 13.0. The molecule has 2 atom stereocenters. The van der Waals surface area contributed by atoms with E-state index >= 15 is 0 Å². The summed E-state index contributed by atoms with van der Waals surface area (Å²) in [5, 5.41) is 6.02. The van der Waals surface area contributed by atoms with E-state index in [2.05, 4.69) is 27.4 Å². The zero-order valence-electron chi connectivity index (χ0n) is 10.9. The molecule has 1 aliphatic rings. The highest BCUT2D eigenvalue weighted by Crippen LogP contribution is 2.14. The molecule has 1 aromatic heterocycles. The third kappa shape index (κ3) is 2.86. The maximum Gasteiger partial charge on any atom is 0.238 e. The number of hydrogen-bond donors (Lipinski definition) is 2. The molecular weight excluding hydrogens is 228 g/mol. The molecule has 1 aromatic rings. The minimum atomic E-state index is -0.124. The average Bonchev–Trinajstić information content (AvgIpc) is 2.39. The van der Waals surface area contributed by atoms with E-state index in [1.165, 1.54) is 0 Å². The molecule has 2 heterocycles. The van der Waals surface area contributed by atoms with Crippen LogP contribution in [0.2, 0.25) is 0 Å². The van der Waals surface area contributed by atoms with E-state index in [0.717, 1.165) is 5.69 Å². The van der Waals surface area contributed by atoms with Crippen LogP contribution in [0.3, 0.4) is 0 Å². The van der Waals surface area contributed by atoms with Gasteiger partial charge < -0.3 is 10.6 Å². The number of likely N-dealkylation sites (N-methyl/N-ethyl adjacent to an activating group) is 1. The molecule has 2 N–H and O–H groups in total. The van der Waals surface area contributed by atoms with Gasteiger partial charge in [0.1, 0.15) is 6.04 Å². The molecule has 2 unspecified atom stereocenters. The molecule has 5 heteroatoms. The van der Waals surface area contributed by atoms with E-state index in [-0.39, 0.29) is 11.9 Å². The smallest absolute Gasteiger partial charge is 0.238 e. The zero-order valence-corrected chi connectivity index (χ0v) is 10.9. The third-order valence-corrected chi connectivity index (χ3v) is 3.31. The Hall–Kier alpha value is -1.46. The van der Waals surface area contributed by atoms with Crippen molar-refractivity contribution in [2.75, 3.05) is 20.1 Å². The van der Waals surface area contributed by atoms with Crippen LogP contribution in [-0.4, -0.2) is 48.0 Å². The van der Waals surface area contributed by atoms with E-state index in [1.54, 1.807) is 6.20 Å². The Balaban J connectivity index is 2.13. The van der Waals surface area contributed by atoms with Crippen molar-refractivity contribution in [3.63, 3.8) is 0 Å². The van der Waals surface area contributed by atoms with E-state index in [1.807, 2.05) is 25.2 Å². The van der Waals surface area contributed by atoms with Crippen LogP contribution in [0.15, 0.2) is 24.4 Å². The first kappa shape index (κ1) is 13.0. The van der Waals surface area contributed by atoms with E-state index in [4.69, 9.17) is 0 Å². The Bertz CT molecular complexity index is 395. The van der Waals surface area contributed by atoms with Crippen LogP contribution in [0, 0.1) is 0 Å². The first-order valence-corrected chi connectivity index (χ1v) is 6.30. The lowest BCUT2D eigenvalue weighted by atomic mass is 10.1. The predicted molar refractivity (Wildman–Crippen MR) is 70.0 cm³/mol. The number of amides is 1. The van der Waals surface area contributed by atoms with Gasteiger partial charge in [-0.15, -0.1) is 0 Å². The van der Waals surface area contributed by atoms with Crippen molar-refractivity contribution >= 4 is 5.91 Å². The molecule has 0 saturated carbocycles. The molecule has 98 valence electrons. The highest BCUT2D eigenvalue weighted by Gasteiger charge is 2.33. The first-order valence-electron chi connectivity index (χ1n) is 6.30. The first-order chi connectivity index (χ1) is 8.72. The van der Waals surface area contributed by atoms with Crippen molar-refractivity contribution in [3.8, 4) is 0 Å². The molecule has 1 amide bonds. The van der Waals surface area contributed by atoms with Gasteiger partial charge in [0.2, 0.25) is 5.91 Å². The Morgan fingerprint density at radius 3 is 3.06 bits per heavy atom. The predicted octanol–water partition coefficient (Wildman–Crippen LogP) is -0.0101. The molecule has 5 nitrogen and oxygen atoms in total. The van der Waals surface area contributed by atoms with Crippen LogP contribution in [0.25, 0.3) is 0 Å². The second-order valence-electron chi connectivity index (χ2n) is 4.66. The van der Waals surface area contributed by atoms with Gasteiger partial charge in [0.15, 0.2) is 0 Å². The fourth-order valence-corrected chi connectivity index (χ4v) is 2.29. The lowest BCUT2D eigenvalue weighted by molar-refractivity contribution is -0.131. The summed E-state index contributed by atoms with van der Waals surface area (Å²) < 4.78 is 0. The summed E-state index contributed by atoms with van der Waals surface area (Å²) in [5.74, 6) is 0.0957. The van der Waals surface area contributed by atoms with Crippen LogP contribution < -0.4 is 10.6 Å². The Labute approximate surface area is 108 Å². The number of carbonyl (C=O) groups excluding carboxylic acids is 1. The van der Waals surface area contributed by atoms with Crippen LogP contribution >= 0.6 is 0 Å². The summed E-state index contributed by atoms with van der Waals surface area (Å²) in [5.41, 5.74) is 1.00. The van der Waals surface area contributed by atoms with Crippen molar-refractivity contribution < 1.29 is 4.79 Å². The van der Waals surface area contributed by atoms with Crippen molar-refractivity contribution in [1.82, 2.24) is 20.5 Å². The van der Waals surface area contributed by atoms with Crippen molar-refractivity contribution in [1.29, 1.82) is 0 Å². The fraction of sp³-hybridized carbons (Fsp3) is 0.538. The van der Waals surface area contributed by atoms with Crippen molar-refractivity contribution in [3.05, 3.63) is 30.1 Å². The molecule has 1 saturated heterocycles. The molecule has 0 radical (unpaired) electrons. The van der Waals surface area contributed by atoms with Gasteiger partial charge in [-0.3, -0.25) is 14.7 Å². The lowest BCUT2D eigenvalue weighted by Crippen LogP contribution is -2.61. The fourth-order valence-electron chi connectivity index (χ4n) is 2.29. The number of carbonyl (C=O) groups is 1. The monoisotopic (exact) mass is 248 g/mol.